The van der Waals surface area contributed by atoms with Crippen LogP contribution in [0.2, 0.25) is 0 Å². The molecule has 0 fully saturated rings. The summed E-state index contributed by atoms with van der Waals surface area (Å²) in [4.78, 5) is 41.3. The summed E-state index contributed by atoms with van der Waals surface area (Å²) in [5.41, 5.74) is 3.77. The fourth-order valence-electron chi connectivity index (χ4n) is 2.32. The summed E-state index contributed by atoms with van der Waals surface area (Å²) >= 11 is 0. The standard InChI is InChI=1S/C22H35N3O5/c1-8-18(26)24-19(14(2)3)20(27)23-15(4)30-25-17-11-9-16(10-12-17)13-29-21(28)22(5,6)7/h9-12,14-15,19,25H,8,13H2,1-7H3,(H,23,27)(H,24,26)/t15?,19-/m1/s1. The Morgan fingerprint density at radius 3 is 2.10 bits per heavy atom. The highest BCUT2D eigenvalue weighted by Gasteiger charge is 2.25. The number of rotatable bonds is 10. The Kier molecular flexibility index (Phi) is 9.78. The van der Waals surface area contributed by atoms with Crippen molar-refractivity contribution >= 4 is 23.5 Å². The van der Waals surface area contributed by atoms with Crippen LogP contribution in [0.15, 0.2) is 24.3 Å². The first-order valence-corrected chi connectivity index (χ1v) is 10.2. The summed E-state index contributed by atoms with van der Waals surface area (Å²) in [6.45, 7) is 12.8. The van der Waals surface area contributed by atoms with Gasteiger partial charge < -0.3 is 15.4 Å². The van der Waals surface area contributed by atoms with E-state index in [4.69, 9.17) is 9.57 Å². The van der Waals surface area contributed by atoms with E-state index in [1.807, 2.05) is 26.0 Å². The van der Waals surface area contributed by atoms with E-state index in [2.05, 4.69) is 16.1 Å². The highest BCUT2D eigenvalue weighted by molar-refractivity contribution is 5.87. The highest BCUT2D eigenvalue weighted by atomic mass is 16.7. The molecule has 1 unspecified atom stereocenters. The molecule has 0 aliphatic rings. The molecule has 0 spiro atoms. The summed E-state index contributed by atoms with van der Waals surface area (Å²) in [6.07, 6.45) is -0.306. The van der Waals surface area contributed by atoms with E-state index >= 15 is 0 Å². The van der Waals surface area contributed by atoms with Crippen molar-refractivity contribution < 1.29 is 24.0 Å². The lowest BCUT2D eigenvalue weighted by atomic mass is 9.97. The number of anilines is 1. The van der Waals surface area contributed by atoms with E-state index < -0.39 is 17.7 Å². The zero-order valence-electron chi connectivity index (χ0n) is 19.0. The lowest BCUT2D eigenvalue weighted by molar-refractivity contribution is -0.154. The van der Waals surface area contributed by atoms with Gasteiger partial charge in [0.1, 0.15) is 12.6 Å². The SMILES string of the molecule is CCC(=O)N[C@@H](C(=O)NC(C)ONc1ccc(COC(=O)C(C)(C)C)cc1)C(C)C. The molecule has 0 radical (unpaired) electrons. The van der Waals surface area contributed by atoms with Gasteiger partial charge in [0.05, 0.1) is 11.1 Å². The van der Waals surface area contributed by atoms with Crippen molar-refractivity contribution in [1.29, 1.82) is 0 Å². The van der Waals surface area contributed by atoms with Gasteiger partial charge in [-0.2, -0.15) is 0 Å². The first-order chi connectivity index (χ1) is 13.9. The predicted octanol–water partition coefficient (Wildman–Crippen LogP) is 3.13. The molecule has 1 aromatic carbocycles. The molecule has 8 heteroatoms. The monoisotopic (exact) mass is 421 g/mol. The summed E-state index contributed by atoms with van der Waals surface area (Å²) < 4.78 is 5.28. The fraction of sp³-hybridized carbons (Fsp3) is 0.591. The zero-order chi connectivity index (χ0) is 22.9. The van der Waals surface area contributed by atoms with Crippen molar-refractivity contribution in [2.24, 2.45) is 11.3 Å². The molecule has 2 atom stereocenters. The van der Waals surface area contributed by atoms with Crippen LogP contribution in [0.3, 0.4) is 0 Å². The number of amides is 2. The Labute approximate surface area is 179 Å². The van der Waals surface area contributed by atoms with Gasteiger partial charge in [-0.1, -0.05) is 32.9 Å². The molecule has 0 aliphatic carbocycles. The minimum absolute atomic E-state index is 0.0550. The third kappa shape index (κ3) is 8.82. The molecule has 3 N–H and O–H groups in total. The summed E-state index contributed by atoms with van der Waals surface area (Å²) in [5.74, 6) is -0.797. The van der Waals surface area contributed by atoms with E-state index in [1.165, 1.54) is 0 Å². The Morgan fingerprint density at radius 1 is 1.00 bits per heavy atom. The van der Waals surface area contributed by atoms with Crippen molar-refractivity contribution in [2.75, 3.05) is 5.48 Å². The second-order valence-corrected chi connectivity index (χ2v) is 8.54. The van der Waals surface area contributed by atoms with Crippen molar-refractivity contribution in [3.8, 4) is 0 Å². The molecular weight excluding hydrogens is 386 g/mol. The molecule has 0 bridgehead atoms. The van der Waals surface area contributed by atoms with Crippen LogP contribution in [-0.2, 0) is 30.6 Å². The van der Waals surface area contributed by atoms with Crippen molar-refractivity contribution in [2.45, 2.75) is 73.8 Å². The molecule has 2 amide bonds. The van der Waals surface area contributed by atoms with E-state index in [0.717, 1.165) is 5.56 Å². The van der Waals surface area contributed by atoms with Crippen LogP contribution >= 0.6 is 0 Å². The molecule has 30 heavy (non-hydrogen) atoms. The van der Waals surface area contributed by atoms with Crippen molar-refractivity contribution in [1.82, 2.24) is 10.6 Å². The van der Waals surface area contributed by atoms with Gasteiger partial charge in [0.2, 0.25) is 11.8 Å². The van der Waals surface area contributed by atoms with Crippen LogP contribution < -0.4 is 16.1 Å². The average molecular weight is 422 g/mol. The van der Waals surface area contributed by atoms with Gasteiger partial charge in [-0.15, -0.1) is 0 Å². The largest absolute Gasteiger partial charge is 0.460 e. The van der Waals surface area contributed by atoms with Gasteiger partial charge >= 0.3 is 5.97 Å². The lowest BCUT2D eigenvalue weighted by Crippen LogP contribution is -2.52. The number of carbonyl (C=O) groups excluding carboxylic acids is 3. The molecular formula is C22H35N3O5. The Bertz CT molecular complexity index is 710. The molecule has 1 aromatic rings. The molecule has 0 saturated heterocycles. The molecule has 1 rings (SSSR count). The normalized spacial score (nSPS) is 13.3. The van der Waals surface area contributed by atoms with Gasteiger partial charge in [-0.05, 0) is 51.3 Å². The quantitative estimate of drug-likeness (QED) is 0.304. The van der Waals surface area contributed by atoms with E-state index in [9.17, 15) is 14.4 Å². The fourth-order valence-corrected chi connectivity index (χ4v) is 2.32. The van der Waals surface area contributed by atoms with Gasteiger partial charge in [0.25, 0.3) is 0 Å². The second-order valence-electron chi connectivity index (χ2n) is 8.54. The van der Waals surface area contributed by atoms with Gasteiger partial charge in [-0.3, -0.25) is 24.7 Å². The zero-order valence-corrected chi connectivity index (χ0v) is 19.0. The number of nitrogens with one attached hydrogen (secondary N) is 3. The first-order valence-electron chi connectivity index (χ1n) is 10.2. The first kappa shape index (κ1) is 25.4. The smallest absolute Gasteiger partial charge is 0.311 e. The highest BCUT2D eigenvalue weighted by Crippen LogP contribution is 2.17. The van der Waals surface area contributed by atoms with E-state index in [1.54, 1.807) is 46.8 Å². The molecule has 8 nitrogen and oxygen atoms in total. The van der Waals surface area contributed by atoms with Gasteiger partial charge in [-0.25, -0.2) is 0 Å². The van der Waals surface area contributed by atoms with Gasteiger partial charge in [0.15, 0.2) is 6.23 Å². The molecule has 0 saturated carbocycles. The Hall–Kier alpha value is -2.61. The van der Waals surface area contributed by atoms with E-state index in [-0.39, 0.29) is 30.3 Å². The maximum absolute atomic E-state index is 12.4. The van der Waals surface area contributed by atoms with Crippen LogP contribution in [0.1, 0.15) is 60.5 Å². The Morgan fingerprint density at radius 2 is 1.60 bits per heavy atom. The maximum atomic E-state index is 12.4. The third-order valence-corrected chi connectivity index (χ3v) is 4.22. The summed E-state index contributed by atoms with van der Waals surface area (Å²) in [7, 11) is 0. The van der Waals surface area contributed by atoms with Crippen molar-refractivity contribution in [3.05, 3.63) is 29.8 Å². The Balaban J connectivity index is 2.50. The number of carbonyl (C=O) groups is 3. The van der Waals surface area contributed by atoms with Crippen LogP contribution in [0.5, 0.6) is 0 Å². The van der Waals surface area contributed by atoms with Crippen LogP contribution in [-0.4, -0.2) is 30.1 Å². The molecule has 0 aliphatic heterocycles. The van der Waals surface area contributed by atoms with Crippen LogP contribution in [0.25, 0.3) is 0 Å². The number of benzene rings is 1. The molecule has 168 valence electrons. The minimum Gasteiger partial charge on any atom is -0.460 e. The third-order valence-electron chi connectivity index (χ3n) is 4.22. The van der Waals surface area contributed by atoms with Crippen LogP contribution in [0, 0.1) is 11.3 Å². The summed E-state index contributed by atoms with van der Waals surface area (Å²) in [5, 5.41) is 5.44. The number of hydrogen-bond acceptors (Lipinski definition) is 6. The van der Waals surface area contributed by atoms with Crippen molar-refractivity contribution in [3.63, 3.8) is 0 Å². The maximum Gasteiger partial charge on any atom is 0.311 e. The number of esters is 1. The lowest BCUT2D eigenvalue weighted by Gasteiger charge is -2.24. The second kappa shape index (κ2) is 11.5. The molecule has 0 heterocycles. The predicted molar refractivity (Wildman–Crippen MR) is 115 cm³/mol. The topological polar surface area (TPSA) is 106 Å². The number of hydrogen-bond donors (Lipinski definition) is 3. The van der Waals surface area contributed by atoms with Crippen LogP contribution in [0.4, 0.5) is 5.69 Å². The van der Waals surface area contributed by atoms with E-state index in [0.29, 0.717) is 12.1 Å². The minimum atomic E-state index is -0.626. The number of ether oxygens (including phenoxy) is 1. The summed E-state index contributed by atoms with van der Waals surface area (Å²) in [6, 6.07) is 6.58. The molecule has 0 aromatic heterocycles. The average Bonchev–Trinajstić information content (AvgIpc) is 2.67. The van der Waals surface area contributed by atoms with Gasteiger partial charge in [0, 0.05) is 6.42 Å².